The van der Waals surface area contributed by atoms with Crippen LogP contribution in [0.25, 0.3) is 0 Å². The molecule has 1 aliphatic heterocycles. The minimum atomic E-state index is -0.589. The van der Waals surface area contributed by atoms with Crippen molar-refractivity contribution in [3.05, 3.63) is 30.1 Å². The summed E-state index contributed by atoms with van der Waals surface area (Å²) in [4.78, 5) is 46.4. The molecule has 6 rings (SSSR count). The van der Waals surface area contributed by atoms with E-state index in [2.05, 4.69) is 4.98 Å². The first-order chi connectivity index (χ1) is 15.0. The average molecular weight is 427 g/mol. The van der Waals surface area contributed by atoms with Gasteiger partial charge in [0.2, 0.25) is 5.91 Å². The molecule has 1 aromatic rings. The Morgan fingerprint density at radius 2 is 1.81 bits per heavy atom. The highest BCUT2D eigenvalue weighted by atomic mass is 16.5. The van der Waals surface area contributed by atoms with Crippen molar-refractivity contribution in [3.8, 4) is 0 Å². The van der Waals surface area contributed by atoms with E-state index < -0.39 is 11.9 Å². The van der Waals surface area contributed by atoms with Crippen LogP contribution in [-0.4, -0.2) is 49.4 Å². The number of urea groups is 1. The topological polar surface area (TPSA) is 103 Å². The number of imide groups is 1. The van der Waals surface area contributed by atoms with Gasteiger partial charge < -0.3 is 4.90 Å². The summed E-state index contributed by atoms with van der Waals surface area (Å²) in [7, 11) is 0. The molecule has 31 heavy (non-hydrogen) atoms. The van der Waals surface area contributed by atoms with Gasteiger partial charge in [-0.1, -0.05) is 6.07 Å². The van der Waals surface area contributed by atoms with Crippen LogP contribution in [-0.2, 0) is 16.1 Å². The number of hydrogen-bond acceptors (Lipinski definition) is 5. The molecule has 0 radical (unpaired) electrons. The fraction of sp³-hybridized carbons (Fsp3) is 0.652. The van der Waals surface area contributed by atoms with E-state index in [1.807, 2.05) is 18.2 Å². The maximum absolute atomic E-state index is 13.7. The molecule has 1 unspecified atom stereocenters. The van der Waals surface area contributed by atoms with Crippen LogP contribution < -0.4 is 5.48 Å². The molecule has 5 fully saturated rings. The second-order valence-electron chi connectivity index (χ2n) is 9.99. The number of hydrogen-bond donors (Lipinski definition) is 2. The number of amides is 4. The maximum Gasteiger partial charge on any atom is 0.328 e. The lowest BCUT2D eigenvalue weighted by Crippen LogP contribution is -2.62. The van der Waals surface area contributed by atoms with Crippen molar-refractivity contribution >= 4 is 17.8 Å². The van der Waals surface area contributed by atoms with Gasteiger partial charge in [0, 0.05) is 12.6 Å². The molecule has 4 saturated carbocycles. The van der Waals surface area contributed by atoms with Crippen LogP contribution in [0, 0.1) is 17.8 Å². The second-order valence-corrected chi connectivity index (χ2v) is 9.99. The Hall–Kier alpha value is -2.48. The van der Waals surface area contributed by atoms with Crippen molar-refractivity contribution in [2.45, 2.75) is 75.9 Å². The number of aromatic nitrogens is 1. The number of pyridine rings is 1. The van der Waals surface area contributed by atoms with Crippen LogP contribution in [0.2, 0.25) is 0 Å². The van der Waals surface area contributed by atoms with Gasteiger partial charge in [0.15, 0.2) is 0 Å². The first-order valence-corrected chi connectivity index (χ1v) is 11.5. The van der Waals surface area contributed by atoms with Gasteiger partial charge in [-0.25, -0.2) is 10.3 Å². The van der Waals surface area contributed by atoms with E-state index in [-0.39, 0.29) is 30.4 Å². The summed E-state index contributed by atoms with van der Waals surface area (Å²) in [5.41, 5.74) is 2.05. The Labute approximate surface area is 181 Å². The summed E-state index contributed by atoms with van der Waals surface area (Å²) in [6.07, 6.45) is 9.16. The molecular weight excluding hydrogens is 396 g/mol. The van der Waals surface area contributed by atoms with Crippen molar-refractivity contribution in [3.63, 3.8) is 0 Å². The molecule has 2 heterocycles. The van der Waals surface area contributed by atoms with E-state index in [4.69, 9.17) is 5.21 Å². The fourth-order valence-electron chi connectivity index (χ4n) is 7.05. The van der Waals surface area contributed by atoms with Gasteiger partial charge in [-0.05, 0) is 81.3 Å². The summed E-state index contributed by atoms with van der Waals surface area (Å²) >= 11 is 0. The fourth-order valence-corrected chi connectivity index (χ4v) is 7.05. The maximum atomic E-state index is 13.7. The van der Waals surface area contributed by atoms with Crippen LogP contribution in [0.15, 0.2) is 24.4 Å². The van der Waals surface area contributed by atoms with Crippen LogP contribution in [0.5, 0.6) is 0 Å². The Balaban J connectivity index is 1.41. The molecule has 166 valence electrons. The van der Waals surface area contributed by atoms with E-state index in [9.17, 15) is 14.4 Å². The molecule has 8 heteroatoms. The van der Waals surface area contributed by atoms with E-state index in [0.717, 1.165) is 25.0 Å². The van der Waals surface area contributed by atoms with Crippen molar-refractivity contribution in [1.29, 1.82) is 0 Å². The largest absolute Gasteiger partial charge is 0.328 e. The summed E-state index contributed by atoms with van der Waals surface area (Å²) in [6, 6.07) is 4.78. The minimum Gasteiger partial charge on any atom is -0.306 e. The van der Waals surface area contributed by atoms with Crippen molar-refractivity contribution < 1.29 is 19.6 Å². The Morgan fingerprint density at radius 1 is 1.13 bits per heavy atom. The van der Waals surface area contributed by atoms with Gasteiger partial charge in [0.1, 0.15) is 6.04 Å². The smallest absolute Gasteiger partial charge is 0.306 e. The SMILES string of the molecule is O=C(CCCC1C(=O)N(C23CC4CC(CC(C4)C2)C3)C(=O)N1Cc1ccccn1)NO. The molecule has 8 nitrogen and oxygen atoms in total. The Morgan fingerprint density at radius 3 is 2.39 bits per heavy atom. The molecule has 0 aromatic carbocycles. The second kappa shape index (κ2) is 7.89. The summed E-state index contributed by atoms with van der Waals surface area (Å²) in [5.74, 6) is 1.29. The zero-order chi connectivity index (χ0) is 21.6. The predicted octanol–water partition coefficient (Wildman–Crippen LogP) is 2.86. The molecule has 1 atom stereocenters. The highest BCUT2D eigenvalue weighted by Gasteiger charge is 2.60. The van der Waals surface area contributed by atoms with Crippen molar-refractivity contribution in [2.24, 2.45) is 17.8 Å². The molecule has 4 amide bonds. The molecule has 2 N–H and O–H groups in total. The molecular formula is C23H30N4O4. The third-order valence-electron chi connectivity index (χ3n) is 7.86. The number of nitrogens with one attached hydrogen (secondary N) is 1. The van der Waals surface area contributed by atoms with Crippen LogP contribution in [0.4, 0.5) is 4.79 Å². The van der Waals surface area contributed by atoms with Gasteiger partial charge >= 0.3 is 6.03 Å². The quantitative estimate of drug-likeness (QED) is 0.396. The van der Waals surface area contributed by atoms with E-state index >= 15 is 0 Å². The third-order valence-corrected chi connectivity index (χ3v) is 7.86. The molecule has 4 bridgehead atoms. The summed E-state index contributed by atoms with van der Waals surface area (Å²) in [5, 5.41) is 8.76. The number of hydroxylamine groups is 1. The lowest BCUT2D eigenvalue weighted by Gasteiger charge is -2.58. The van der Waals surface area contributed by atoms with Gasteiger partial charge in [0.05, 0.1) is 17.8 Å². The molecule has 4 aliphatic carbocycles. The zero-order valence-corrected chi connectivity index (χ0v) is 17.7. The lowest BCUT2D eigenvalue weighted by molar-refractivity contribution is -0.141. The monoisotopic (exact) mass is 426 g/mol. The van der Waals surface area contributed by atoms with Crippen LogP contribution >= 0.6 is 0 Å². The van der Waals surface area contributed by atoms with Gasteiger partial charge in [-0.3, -0.25) is 24.7 Å². The number of rotatable bonds is 7. The summed E-state index contributed by atoms with van der Waals surface area (Å²) in [6.45, 7) is 0.283. The molecule has 5 aliphatic rings. The lowest BCUT2D eigenvalue weighted by atomic mass is 9.52. The van der Waals surface area contributed by atoms with Gasteiger partial charge in [0.25, 0.3) is 5.91 Å². The van der Waals surface area contributed by atoms with Crippen LogP contribution in [0.1, 0.15) is 63.5 Å². The first kappa shape index (κ1) is 20.4. The number of carbonyl (C=O) groups excluding carboxylic acids is 3. The number of carbonyl (C=O) groups is 3. The van der Waals surface area contributed by atoms with E-state index in [1.54, 1.807) is 21.5 Å². The molecule has 1 saturated heterocycles. The standard InChI is InChI=1S/C23H30N4O4/c28-20(25-31)6-3-5-19-21(29)27(22(30)26(19)14-18-4-1-2-7-24-18)23-11-15-8-16(12-23)10-17(9-15)13-23/h1-2,4,7,15-17,19,31H,3,5-6,8-14H2,(H,25,28). The Kier molecular flexibility index (Phi) is 5.20. The molecule has 0 spiro atoms. The van der Waals surface area contributed by atoms with Crippen LogP contribution in [0.3, 0.4) is 0 Å². The Bertz CT molecular complexity index is 838. The minimum absolute atomic E-state index is 0.114. The first-order valence-electron chi connectivity index (χ1n) is 11.5. The van der Waals surface area contributed by atoms with E-state index in [1.165, 1.54) is 19.3 Å². The predicted molar refractivity (Wildman–Crippen MR) is 110 cm³/mol. The third kappa shape index (κ3) is 3.60. The van der Waals surface area contributed by atoms with Gasteiger partial charge in [-0.2, -0.15) is 0 Å². The zero-order valence-electron chi connectivity index (χ0n) is 17.7. The number of nitrogens with zero attached hydrogens (tertiary/aromatic N) is 3. The van der Waals surface area contributed by atoms with E-state index in [0.29, 0.717) is 30.6 Å². The molecule has 1 aromatic heterocycles. The average Bonchev–Trinajstić information content (AvgIpc) is 2.97. The van der Waals surface area contributed by atoms with Crippen molar-refractivity contribution in [1.82, 2.24) is 20.3 Å². The van der Waals surface area contributed by atoms with Gasteiger partial charge in [-0.15, -0.1) is 0 Å². The highest BCUT2D eigenvalue weighted by Crippen LogP contribution is 2.58. The highest BCUT2D eigenvalue weighted by molar-refractivity contribution is 6.05. The van der Waals surface area contributed by atoms with Crippen molar-refractivity contribution in [2.75, 3.05) is 0 Å². The normalized spacial score (nSPS) is 34.0. The summed E-state index contributed by atoms with van der Waals surface area (Å²) < 4.78 is 0.